The number of carbonyl (C=O) groups is 1. The normalized spacial score (nSPS) is 12.2. The van der Waals surface area contributed by atoms with Crippen molar-refractivity contribution in [2.24, 2.45) is 5.92 Å². The molecule has 0 fully saturated rings. The zero-order valence-corrected chi connectivity index (χ0v) is 13.2. The number of amides is 2. The number of anilines is 1. The summed E-state index contributed by atoms with van der Waals surface area (Å²) >= 11 is 3.17. The first-order valence-corrected chi connectivity index (χ1v) is 7.28. The second kappa shape index (κ2) is 6.71. The lowest BCUT2D eigenvalue weighted by Crippen LogP contribution is -2.35. The van der Waals surface area contributed by atoms with Gasteiger partial charge in [-0.3, -0.25) is 0 Å². The number of rotatable bonds is 4. The lowest BCUT2D eigenvalue weighted by molar-refractivity contribution is 0.243. The number of aromatic nitrogens is 2. The molecule has 0 bridgehead atoms. The molecule has 1 heterocycles. The van der Waals surface area contributed by atoms with E-state index in [-0.39, 0.29) is 17.6 Å². The second-order valence-corrected chi connectivity index (χ2v) is 5.83. The summed E-state index contributed by atoms with van der Waals surface area (Å²) in [4.78, 5) is 19.1. The van der Waals surface area contributed by atoms with Gasteiger partial charge in [0.25, 0.3) is 0 Å². The molecule has 1 aromatic carbocycles. The lowest BCUT2D eigenvalue weighted by Gasteiger charge is -2.20. The van der Waals surface area contributed by atoms with Crippen molar-refractivity contribution in [1.82, 2.24) is 15.3 Å². The minimum Gasteiger partial charge on any atom is -0.347 e. The largest absolute Gasteiger partial charge is 0.347 e. The number of H-pyrrole nitrogens is 1. The highest BCUT2D eigenvalue weighted by atomic mass is 79.9. The second-order valence-electron chi connectivity index (χ2n) is 4.92. The average Bonchev–Trinajstić information content (AvgIpc) is 2.92. The van der Waals surface area contributed by atoms with E-state index >= 15 is 0 Å². The van der Waals surface area contributed by atoms with E-state index < -0.39 is 11.8 Å². The number of carbonyl (C=O) groups excluding carboxylic acids is 1. The van der Waals surface area contributed by atoms with Gasteiger partial charge in [-0.1, -0.05) is 29.8 Å². The first-order chi connectivity index (χ1) is 9.97. The van der Waals surface area contributed by atoms with Crippen LogP contribution in [0.5, 0.6) is 0 Å². The van der Waals surface area contributed by atoms with Gasteiger partial charge in [-0.15, -0.1) is 0 Å². The van der Waals surface area contributed by atoms with Crippen molar-refractivity contribution in [3.63, 3.8) is 0 Å². The minimum absolute atomic E-state index is 0.123. The number of benzene rings is 1. The summed E-state index contributed by atoms with van der Waals surface area (Å²) in [6.45, 7) is 3.93. The van der Waals surface area contributed by atoms with E-state index in [4.69, 9.17) is 0 Å². The predicted octanol–water partition coefficient (Wildman–Crippen LogP) is 3.83. The molecule has 0 saturated carbocycles. The number of nitrogens with one attached hydrogen (secondary N) is 3. The maximum Gasteiger partial charge on any atom is 0.319 e. The Morgan fingerprint density at radius 1 is 1.43 bits per heavy atom. The number of nitrogens with zero attached hydrogens (tertiary/aromatic N) is 1. The Labute approximate surface area is 130 Å². The predicted molar refractivity (Wildman–Crippen MR) is 82.4 cm³/mol. The number of halogens is 2. The van der Waals surface area contributed by atoms with Crippen molar-refractivity contribution in [3.05, 3.63) is 46.7 Å². The molecule has 21 heavy (non-hydrogen) atoms. The smallest absolute Gasteiger partial charge is 0.319 e. The molecule has 112 valence electrons. The lowest BCUT2D eigenvalue weighted by atomic mass is 10.0. The van der Waals surface area contributed by atoms with Gasteiger partial charge in [-0.05, 0) is 24.1 Å². The van der Waals surface area contributed by atoms with Crippen molar-refractivity contribution >= 4 is 27.6 Å². The van der Waals surface area contributed by atoms with E-state index in [2.05, 4.69) is 36.5 Å². The summed E-state index contributed by atoms with van der Waals surface area (Å²) in [5, 5.41) is 5.28. The third-order valence-corrected chi connectivity index (χ3v) is 3.44. The summed E-state index contributed by atoms with van der Waals surface area (Å²) in [6, 6.07) is 3.69. The average molecular weight is 355 g/mol. The van der Waals surface area contributed by atoms with Crippen molar-refractivity contribution < 1.29 is 9.18 Å². The molecule has 5 nitrogen and oxygen atoms in total. The van der Waals surface area contributed by atoms with Crippen LogP contribution in [0.4, 0.5) is 14.9 Å². The van der Waals surface area contributed by atoms with Crippen molar-refractivity contribution in [2.75, 3.05) is 5.32 Å². The Morgan fingerprint density at radius 3 is 2.76 bits per heavy atom. The maximum atomic E-state index is 13.7. The Bertz CT molecular complexity index is 615. The summed E-state index contributed by atoms with van der Waals surface area (Å²) in [5.74, 6) is 0.298. The maximum absolute atomic E-state index is 13.7. The van der Waals surface area contributed by atoms with Crippen LogP contribution >= 0.6 is 15.9 Å². The van der Waals surface area contributed by atoms with Gasteiger partial charge in [-0.2, -0.15) is 0 Å². The molecule has 0 radical (unpaired) electrons. The van der Waals surface area contributed by atoms with Crippen LogP contribution in [-0.2, 0) is 0 Å². The Morgan fingerprint density at radius 2 is 2.19 bits per heavy atom. The van der Waals surface area contributed by atoms with Gasteiger partial charge in [0.05, 0.1) is 11.7 Å². The van der Waals surface area contributed by atoms with Crippen molar-refractivity contribution in [1.29, 1.82) is 0 Å². The number of imidazole rings is 1. The SMILES string of the molecule is CC(C)[C@H](NC(=O)Nc1ccc(Br)cc1F)c1ncc[nH]1. The van der Waals surface area contributed by atoms with Crippen LogP contribution in [0.2, 0.25) is 0 Å². The van der Waals surface area contributed by atoms with E-state index in [9.17, 15) is 9.18 Å². The van der Waals surface area contributed by atoms with E-state index in [0.717, 1.165) is 0 Å². The fraction of sp³-hybridized carbons (Fsp3) is 0.286. The van der Waals surface area contributed by atoms with Crippen molar-refractivity contribution in [3.8, 4) is 0 Å². The number of aromatic amines is 1. The molecule has 0 spiro atoms. The van der Waals surface area contributed by atoms with Crippen LogP contribution in [0.15, 0.2) is 35.1 Å². The van der Waals surface area contributed by atoms with Gasteiger partial charge in [0.1, 0.15) is 11.6 Å². The molecule has 1 atom stereocenters. The molecule has 2 rings (SSSR count). The minimum atomic E-state index is -0.501. The van der Waals surface area contributed by atoms with Crippen LogP contribution in [-0.4, -0.2) is 16.0 Å². The van der Waals surface area contributed by atoms with Crippen LogP contribution in [0, 0.1) is 11.7 Å². The molecule has 0 aliphatic carbocycles. The summed E-state index contributed by atoms with van der Waals surface area (Å²) in [6.07, 6.45) is 3.32. The molecule has 3 N–H and O–H groups in total. The van der Waals surface area contributed by atoms with Crippen LogP contribution < -0.4 is 10.6 Å². The highest BCUT2D eigenvalue weighted by molar-refractivity contribution is 9.10. The molecule has 1 aromatic heterocycles. The summed E-state index contributed by atoms with van der Waals surface area (Å²) in [5.41, 5.74) is 0.123. The first-order valence-electron chi connectivity index (χ1n) is 6.49. The quantitative estimate of drug-likeness (QED) is 0.780. The molecule has 0 aliphatic heterocycles. The molecule has 0 unspecified atom stereocenters. The van der Waals surface area contributed by atoms with Gasteiger partial charge in [-0.25, -0.2) is 14.2 Å². The van der Waals surface area contributed by atoms with Gasteiger partial charge in [0.15, 0.2) is 0 Å². The number of hydrogen-bond donors (Lipinski definition) is 3. The summed E-state index contributed by atoms with van der Waals surface area (Å²) in [7, 11) is 0. The standard InChI is InChI=1S/C14H16BrFN4O/c1-8(2)12(13-17-5-6-18-13)20-14(21)19-11-4-3-9(15)7-10(11)16/h3-8,12H,1-2H3,(H,17,18)(H2,19,20,21)/t12-/m0/s1. The third kappa shape index (κ3) is 4.04. The zero-order valence-electron chi connectivity index (χ0n) is 11.7. The third-order valence-electron chi connectivity index (χ3n) is 2.95. The fourth-order valence-electron chi connectivity index (χ4n) is 1.89. The molecule has 0 saturated heterocycles. The molecule has 7 heteroatoms. The van der Waals surface area contributed by atoms with Crippen molar-refractivity contribution in [2.45, 2.75) is 19.9 Å². The van der Waals surface area contributed by atoms with E-state index in [1.165, 1.54) is 12.1 Å². The highest BCUT2D eigenvalue weighted by Gasteiger charge is 2.20. The number of urea groups is 1. The molecule has 2 aromatic rings. The van der Waals surface area contributed by atoms with E-state index in [1.807, 2.05) is 13.8 Å². The van der Waals surface area contributed by atoms with Crippen LogP contribution in [0.1, 0.15) is 25.7 Å². The van der Waals surface area contributed by atoms with Gasteiger partial charge >= 0.3 is 6.03 Å². The highest BCUT2D eigenvalue weighted by Crippen LogP contribution is 2.21. The first kappa shape index (κ1) is 15.5. The topological polar surface area (TPSA) is 69.8 Å². The molecular formula is C14H16BrFN4O. The van der Waals surface area contributed by atoms with Crippen LogP contribution in [0.3, 0.4) is 0 Å². The van der Waals surface area contributed by atoms with E-state index in [1.54, 1.807) is 18.5 Å². The monoisotopic (exact) mass is 354 g/mol. The number of hydrogen-bond acceptors (Lipinski definition) is 2. The van der Waals surface area contributed by atoms with Gasteiger partial charge < -0.3 is 15.6 Å². The van der Waals surface area contributed by atoms with Gasteiger partial charge in [0, 0.05) is 16.9 Å². The molecule has 0 aliphatic rings. The zero-order chi connectivity index (χ0) is 15.4. The molecular weight excluding hydrogens is 339 g/mol. The van der Waals surface area contributed by atoms with E-state index in [0.29, 0.717) is 10.3 Å². The van der Waals surface area contributed by atoms with Crippen LogP contribution in [0.25, 0.3) is 0 Å². The fourth-order valence-corrected chi connectivity index (χ4v) is 2.22. The Balaban J connectivity index is 2.06. The molecule has 2 amide bonds. The van der Waals surface area contributed by atoms with Gasteiger partial charge in [0.2, 0.25) is 0 Å². The summed E-state index contributed by atoms with van der Waals surface area (Å²) < 4.78 is 14.3. The Hall–Kier alpha value is -1.89. The Kier molecular flexibility index (Phi) is 4.95.